The number of aliphatic hydroxyl groups is 1. The zero-order valence-electron chi connectivity index (χ0n) is 18.4. The van der Waals surface area contributed by atoms with Gasteiger partial charge in [-0.2, -0.15) is 5.10 Å². The second kappa shape index (κ2) is 8.75. The van der Waals surface area contributed by atoms with Crippen molar-refractivity contribution < 1.29 is 5.11 Å². The molecule has 33 heavy (non-hydrogen) atoms. The van der Waals surface area contributed by atoms with Crippen molar-refractivity contribution in [3.63, 3.8) is 0 Å². The number of anilines is 2. The number of nitrogens with zero attached hydrogens (tertiary/aromatic N) is 7. The molecule has 0 saturated heterocycles. The van der Waals surface area contributed by atoms with Crippen molar-refractivity contribution in [3.05, 3.63) is 73.2 Å². The van der Waals surface area contributed by atoms with Gasteiger partial charge in [-0.05, 0) is 30.2 Å². The minimum absolute atomic E-state index is 0.0321. The van der Waals surface area contributed by atoms with Crippen LogP contribution in [0.25, 0.3) is 22.2 Å². The lowest BCUT2D eigenvalue weighted by Gasteiger charge is -2.18. The van der Waals surface area contributed by atoms with Gasteiger partial charge >= 0.3 is 0 Å². The lowest BCUT2D eigenvalue weighted by molar-refractivity contribution is 0.277. The maximum atomic E-state index is 9.25. The van der Waals surface area contributed by atoms with E-state index in [9.17, 15) is 5.11 Å². The molecule has 1 atom stereocenters. The molecule has 0 saturated carbocycles. The molecule has 4 aromatic heterocycles. The maximum absolute atomic E-state index is 9.25. The SMILES string of the molecule is CC(Nn1ccc2c(Nc3nccn3CCO)ncnc21)c1cccc(-c2cnn(C)c2)c1. The first-order valence-corrected chi connectivity index (χ1v) is 10.7. The van der Waals surface area contributed by atoms with E-state index in [1.165, 1.54) is 6.33 Å². The van der Waals surface area contributed by atoms with Gasteiger partial charge in [0, 0.05) is 43.9 Å². The highest BCUT2D eigenvalue weighted by molar-refractivity contribution is 5.88. The minimum Gasteiger partial charge on any atom is -0.395 e. The van der Waals surface area contributed by atoms with E-state index >= 15 is 0 Å². The molecule has 0 bridgehead atoms. The number of rotatable bonds is 8. The summed E-state index contributed by atoms with van der Waals surface area (Å²) in [5, 5.41) is 17.6. The molecule has 3 N–H and O–H groups in total. The molecule has 10 heteroatoms. The van der Waals surface area contributed by atoms with E-state index in [2.05, 4.69) is 62.0 Å². The highest BCUT2D eigenvalue weighted by atomic mass is 16.3. The molecular weight excluding hydrogens is 418 g/mol. The van der Waals surface area contributed by atoms with Gasteiger partial charge in [-0.1, -0.05) is 18.2 Å². The number of nitrogens with one attached hydrogen (secondary N) is 2. The van der Waals surface area contributed by atoms with E-state index in [1.807, 2.05) is 47.1 Å². The quantitative estimate of drug-likeness (QED) is 0.338. The summed E-state index contributed by atoms with van der Waals surface area (Å²) in [4.78, 5) is 13.2. The van der Waals surface area contributed by atoms with Crippen molar-refractivity contribution in [1.29, 1.82) is 0 Å². The van der Waals surface area contributed by atoms with Crippen LogP contribution in [-0.4, -0.2) is 45.7 Å². The number of hydrogen-bond donors (Lipinski definition) is 3. The van der Waals surface area contributed by atoms with Crippen LogP contribution in [0.1, 0.15) is 18.5 Å². The van der Waals surface area contributed by atoms with Gasteiger partial charge in [0.2, 0.25) is 5.95 Å². The molecular formula is C23H25N9O. The van der Waals surface area contributed by atoms with Gasteiger partial charge in [0.1, 0.15) is 12.1 Å². The van der Waals surface area contributed by atoms with Crippen LogP contribution >= 0.6 is 0 Å². The topological polar surface area (TPSA) is 111 Å². The van der Waals surface area contributed by atoms with Crippen LogP contribution in [0.5, 0.6) is 0 Å². The van der Waals surface area contributed by atoms with Gasteiger partial charge in [0.05, 0.1) is 24.2 Å². The lowest BCUT2D eigenvalue weighted by Crippen LogP contribution is -2.18. The number of aryl methyl sites for hydroxylation is 1. The van der Waals surface area contributed by atoms with Gasteiger partial charge in [0.25, 0.3) is 0 Å². The Morgan fingerprint density at radius 1 is 1.09 bits per heavy atom. The molecule has 0 aliphatic rings. The number of fused-ring (bicyclic) bond motifs is 1. The van der Waals surface area contributed by atoms with E-state index in [1.54, 1.807) is 10.9 Å². The molecule has 0 spiro atoms. The molecule has 0 fully saturated rings. The first-order chi connectivity index (χ1) is 16.1. The first kappa shape index (κ1) is 20.7. The van der Waals surface area contributed by atoms with E-state index < -0.39 is 0 Å². The van der Waals surface area contributed by atoms with Crippen molar-refractivity contribution in [2.75, 3.05) is 17.3 Å². The fourth-order valence-electron chi connectivity index (χ4n) is 3.82. The van der Waals surface area contributed by atoms with Crippen LogP contribution in [0, 0.1) is 0 Å². The number of imidazole rings is 1. The van der Waals surface area contributed by atoms with Gasteiger partial charge in [-0.3, -0.25) is 4.68 Å². The van der Waals surface area contributed by atoms with E-state index in [0.29, 0.717) is 18.3 Å². The second-order valence-electron chi connectivity index (χ2n) is 7.82. The largest absolute Gasteiger partial charge is 0.395 e. The Bertz CT molecular complexity index is 1380. The van der Waals surface area contributed by atoms with Crippen molar-refractivity contribution in [2.45, 2.75) is 19.5 Å². The minimum atomic E-state index is 0.0321. The molecule has 168 valence electrons. The number of benzene rings is 1. The number of aromatic nitrogens is 7. The van der Waals surface area contributed by atoms with Crippen molar-refractivity contribution >= 4 is 22.8 Å². The van der Waals surface area contributed by atoms with E-state index in [-0.39, 0.29) is 12.6 Å². The Hall–Kier alpha value is -4.18. The average Bonchev–Trinajstić information content (AvgIpc) is 3.56. The van der Waals surface area contributed by atoms with Gasteiger partial charge in [0.15, 0.2) is 5.65 Å². The van der Waals surface area contributed by atoms with Crippen molar-refractivity contribution in [3.8, 4) is 11.1 Å². The molecule has 0 amide bonds. The fourth-order valence-corrected chi connectivity index (χ4v) is 3.82. The summed E-state index contributed by atoms with van der Waals surface area (Å²) in [6, 6.07) is 10.4. The Labute approximate surface area is 190 Å². The Kier molecular flexibility index (Phi) is 5.49. The molecule has 4 heterocycles. The summed E-state index contributed by atoms with van der Waals surface area (Å²) in [5.74, 6) is 1.27. The Morgan fingerprint density at radius 3 is 2.82 bits per heavy atom. The van der Waals surface area contributed by atoms with Gasteiger partial charge in [-0.15, -0.1) is 0 Å². The molecule has 0 aliphatic carbocycles. The zero-order chi connectivity index (χ0) is 22.8. The highest BCUT2D eigenvalue weighted by Crippen LogP contribution is 2.26. The smallest absolute Gasteiger partial charge is 0.208 e. The van der Waals surface area contributed by atoms with Gasteiger partial charge < -0.3 is 20.4 Å². The third-order valence-electron chi connectivity index (χ3n) is 5.53. The predicted molar refractivity (Wildman–Crippen MR) is 127 cm³/mol. The highest BCUT2D eigenvalue weighted by Gasteiger charge is 2.13. The predicted octanol–water partition coefficient (Wildman–Crippen LogP) is 3.07. The molecule has 1 unspecified atom stereocenters. The van der Waals surface area contributed by atoms with Crippen molar-refractivity contribution in [1.82, 2.24) is 34.0 Å². The molecule has 1 aromatic carbocycles. The summed E-state index contributed by atoms with van der Waals surface area (Å²) >= 11 is 0. The van der Waals surface area contributed by atoms with Crippen LogP contribution in [-0.2, 0) is 13.6 Å². The second-order valence-corrected chi connectivity index (χ2v) is 7.82. The van der Waals surface area contributed by atoms with Crippen LogP contribution in [0.3, 0.4) is 0 Å². The van der Waals surface area contributed by atoms with E-state index in [4.69, 9.17) is 0 Å². The average molecular weight is 444 g/mol. The molecule has 5 aromatic rings. The summed E-state index contributed by atoms with van der Waals surface area (Å²) in [6.07, 6.45) is 10.8. The standard InChI is InChI=1S/C23H25N9O/c1-16(17-4-3-5-18(12-17)19-13-27-30(2)14-19)29-32-8-6-20-21(25-15-26-22(20)32)28-23-24-7-9-31(23)10-11-33/h3-9,12-16,29,33H,10-11H2,1-2H3,(H,24,25,26,28). The van der Waals surface area contributed by atoms with Gasteiger partial charge in [-0.25, -0.2) is 19.6 Å². The summed E-state index contributed by atoms with van der Waals surface area (Å²) < 4.78 is 5.54. The lowest BCUT2D eigenvalue weighted by atomic mass is 10.0. The zero-order valence-corrected chi connectivity index (χ0v) is 18.4. The summed E-state index contributed by atoms with van der Waals surface area (Å²) in [6.45, 7) is 2.60. The third kappa shape index (κ3) is 4.15. The van der Waals surface area contributed by atoms with Crippen LogP contribution in [0.2, 0.25) is 0 Å². The number of hydrogen-bond acceptors (Lipinski definition) is 7. The van der Waals surface area contributed by atoms with Crippen molar-refractivity contribution in [2.24, 2.45) is 7.05 Å². The molecule has 5 rings (SSSR count). The summed E-state index contributed by atoms with van der Waals surface area (Å²) in [5.41, 5.74) is 7.62. The molecule has 0 radical (unpaired) electrons. The van der Waals surface area contributed by atoms with E-state index in [0.717, 1.165) is 27.7 Å². The maximum Gasteiger partial charge on any atom is 0.208 e. The van der Waals surface area contributed by atoms with Crippen LogP contribution in [0.15, 0.2) is 67.6 Å². The molecule has 10 nitrogen and oxygen atoms in total. The molecule has 0 aliphatic heterocycles. The normalized spacial score (nSPS) is 12.2. The summed E-state index contributed by atoms with van der Waals surface area (Å²) in [7, 11) is 1.92. The third-order valence-corrected chi connectivity index (χ3v) is 5.53. The fraction of sp³-hybridized carbons (Fsp3) is 0.217. The van der Waals surface area contributed by atoms with Crippen LogP contribution < -0.4 is 10.7 Å². The number of aliphatic hydroxyl groups excluding tert-OH is 1. The Balaban J connectivity index is 1.39. The monoisotopic (exact) mass is 443 g/mol. The first-order valence-electron chi connectivity index (χ1n) is 10.7. The van der Waals surface area contributed by atoms with Crippen LogP contribution in [0.4, 0.5) is 11.8 Å². The Morgan fingerprint density at radius 2 is 2.00 bits per heavy atom.